The summed E-state index contributed by atoms with van der Waals surface area (Å²) >= 11 is 0. The standard InChI is InChI=1S/C12H23N3/c1-6-15-8-11(7-14-15)12(13-5)10(4)9(2)3/h7-10,12-13H,6H2,1-5H3. The van der Waals surface area contributed by atoms with Gasteiger partial charge >= 0.3 is 0 Å². The van der Waals surface area contributed by atoms with Gasteiger partial charge in [-0.1, -0.05) is 20.8 Å². The molecule has 1 aromatic heterocycles. The Morgan fingerprint density at radius 3 is 2.47 bits per heavy atom. The van der Waals surface area contributed by atoms with E-state index in [-0.39, 0.29) is 0 Å². The van der Waals surface area contributed by atoms with Crippen molar-refractivity contribution in [2.75, 3.05) is 7.05 Å². The first kappa shape index (κ1) is 12.2. The summed E-state index contributed by atoms with van der Waals surface area (Å²) in [5, 5.41) is 7.71. The molecule has 0 aliphatic heterocycles. The zero-order valence-electron chi connectivity index (χ0n) is 10.5. The van der Waals surface area contributed by atoms with E-state index < -0.39 is 0 Å². The molecule has 15 heavy (non-hydrogen) atoms. The van der Waals surface area contributed by atoms with Gasteiger partial charge in [-0.2, -0.15) is 5.10 Å². The van der Waals surface area contributed by atoms with Crippen LogP contribution in [0.3, 0.4) is 0 Å². The summed E-state index contributed by atoms with van der Waals surface area (Å²) in [6.07, 6.45) is 4.11. The Hall–Kier alpha value is -0.830. The molecule has 86 valence electrons. The lowest BCUT2D eigenvalue weighted by molar-refractivity contribution is 0.317. The summed E-state index contributed by atoms with van der Waals surface area (Å²) in [6.45, 7) is 9.86. The maximum absolute atomic E-state index is 4.32. The molecule has 0 fully saturated rings. The van der Waals surface area contributed by atoms with Crippen molar-refractivity contribution in [1.82, 2.24) is 15.1 Å². The van der Waals surface area contributed by atoms with Gasteiger partial charge in [0.1, 0.15) is 0 Å². The minimum atomic E-state index is 0.408. The van der Waals surface area contributed by atoms with Crippen molar-refractivity contribution < 1.29 is 0 Å². The van der Waals surface area contributed by atoms with Crippen molar-refractivity contribution in [3.05, 3.63) is 18.0 Å². The van der Waals surface area contributed by atoms with E-state index in [1.165, 1.54) is 5.56 Å². The van der Waals surface area contributed by atoms with E-state index in [2.05, 4.69) is 44.3 Å². The predicted octanol–water partition coefficient (Wildman–Crippen LogP) is 2.46. The summed E-state index contributed by atoms with van der Waals surface area (Å²) in [4.78, 5) is 0. The molecular formula is C12H23N3. The predicted molar refractivity (Wildman–Crippen MR) is 63.7 cm³/mol. The third-order valence-corrected chi connectivity index (χ3v) is 3.22. The van der Waals surface area contributed by atoms with Gasteiger partial charge in [-0.25, -0.2) is 0 Å². The van der Waals surface area contributed by atoms with E-state index >= 15 is 0 Å². The molecule has 0 aromatic carbocycles. The van der Waals surface area contributed by atoms with Crippen LogP contribution in [0, 0.1) is 11.8 Å². The molecule has 0 saturated carbocycles. The maximum atomic E-state index is 4.32. The Bertz CT molecular complexity index is 291. The second kappa shape index (κ2) is 5.31. The van der Waals surface area contributed by atoms with Crippen LogP contribution in [0.5, 0.6) is 0 Å². The monoisotopic (exact) mass is 209 g/mol. The molecule has 3 heteroatoms. The van der Waals surface area contributed by atoms with Crippen molar-refractivity contribution in [2.45, 2.75) is 40.3 Å². The lowest BCUT2D eigenvalue weighted by Gasteiger charge is -2.25. The Balaban J connectivity index is 2.82. The first-order valence-corrected chi connectivity index (χ1v) is 5.79. The van der Waals surface area contributed by atoms with E-state index in [1.54, 1.807) is 0 Å². The molecule has 0 aliphatic carbocycles. The fourth-order valence-corrected chi connectivity index (χ4v) is 1.83. The molecule has 1 heterocycles. The Morgan fingerprint density at radius 2 is 2.07 bits per heavy atom. The minimum Gasteiger partial charge on any atom is -0.313 e. The molecule has 1 rings (SSSR count). The van der Waals surface area contributed by atoms with Gasteiger partial charge in [-0.15, -0.1) is 0 Å². The number of nitrogens with one attached hydrogen (secondary N) is 1. The van der Waals surface area contributed by atoms with Gasteiger partial charge in [-0.05, 0) is 25.8 Å². The molecule has 1 N–H and O–H groups in total. The Labute approximate surface area is 92.9 Å². The molecule has 0 spiro atoms. The fourth-order valence-electron chi connectivity index (χ4n) is 1.83. The van der Waals surface area contributed by atoms with Gasteiger partial charge in [0, 0.05) is 24.3 Å². The number of hydrogen-bond donors (Lipinski definition) is 1. The molecule has 3 nitrogen and oxygen atoms in total. The molecule has 2 unspecified atom stereocenters. The zero-order valence-corrected chi connectivity index (χ0v) is 10.5. The molecule has 0 amide bonds. The summed E-state index contributed by atoms with van der Waals surface area (Å²) in [6, 6.07) is 0.408. The van der Waals surface area contributed by atoms with Crippen molar-refractivity contribution in [3.8, 4) is 0 Å². The molecule has 2 atom stereocenters. The zero-order chi connectivity index (χ0) is 11.4. The first-order valence-electron chi connectivity index (χ1n) is 5.79. The van der Waals surface area contributed by atoms with Crippen LogP contribution in [-0.2, 0) is 6.54 Å². The van der Waals surface area contributed by atoms with Crippen molar-refractivity contribution in [3.63, 3.8) is 0 Å². The van der Waals surface area contributed by atoms with E-state index in [0.717, 1.165) is 6.54 Å². The highest BCUT2D eigenvalue weighted by molar-refractivity contribution is 5.11. The summed E-state index contributed by atoms with van der Waals surface area (Å²) in [5.41, 5.74) is 1.29. The van der Waals surface area contributed by atoms with Crippen LogP contribution < -0.4 is 5.32 Å². The van der Waals surface area contributed by atoms with Gasteiger partial charge in [0.25, 0.3) is 0 Å². The average Bonchev–Trinajstić information content (AvgIpc) is 2.67. The molecule has 0 radical (unpaired) electrons. The number of aryl methyl sites for hydroxylation is 1. The van der Waals surface area contributed by atoms with Gasteiger partial charge in [0.05, 0.1) is 6.20 Å². The van der Waals surface area contributed by atoms with Crippen molar-refractivity contribution in [1.29, 1.82) is 0 Å². The second-order valence-corrected chi connectivity index (χ2v) is 4.50. The lowest BCUT2D eigenvalue weighted by atomic mass is 9.87. The molecule has 0 aliphatic rings. The summed E-state index contributed by atoms with van der Waals surface area (Å²) in [7, 11) is 2.02. The van der Waals surface area contributed by atoms with Crippen molar-refractivity contribution in [2.24, 2.45) is 11.8 Å². The van der Waals surface area contributed by atoms with Gasteiger partial charge in [-0.3, -0.25) is 4.68 Å². The number of aromatic nitrogens is 2. The maximum Gasteiger partial charge on any atom is 0.0537 e. The highest BCUT2D eigenvalue weighted by Crippen LogP contribution is 2.26. The first-order chi connectivity index (χ1) is 7.10. The topological polar surface area (TPSA) is 29.9 Å². The van der Waals surface area contributed by atoms with E-state index in [1.807, 2.05) is 17.9 Å². The third kappa shape index (κ3) is 2.81. The van der Waals surface area contributed by atoms with Crippen LogP contribution >= 0.6 is 0 Å². The van der Waals surface area contributed by atoms with Gasteiger partial charge < -0.3 is 5.32 Å². The largest absolute Gasteiger partial charge is 0.313 e. The van der Waals surface area contributed by atoms with Gasteiger partial charge in [0.15, 0.2) is 0 Å². The van der Waals surface area contributed by atoms with E-state index in [0.29, 0.717) is 17.9 Å². The molecule has 0 saturated heterocycles. The van der Waals surface area contributed by atoms with Crippen LogP contribution in [0.15, 0.2) is 12.4 Å². The highest BCUT2D eigenvalue weighted by Gasteiger charge is 2.21. The lowest BCUT2D eigenvalue weighted by Crippen LogP contribution is -2.26. The normalized spacial score (nSPS) is 15.6. The minimum absolute atomic E-state index is 0.408. The van der Waals surface area contributed by atoms with E-state index in [4.69, 9.17) is 0 Å². The van der Waals surface area contributed by atoms with Crippen LogP contribution in [0.2, 0.25) is 0 Å². The Morgan fingerprint density at radius 1 is 1.40 bits per heavy atom. The number of nitrogens with zero attached hydrogens (tertiary/aromatic N) is 2. The summed E-state index contributed by atoms with van der Waals surface area (Å²) in [5.74, 6) is 1.29. The van der Waals surface area contributed by atoms with Crippen LogP contribution in [-0.4, -0.2) is 16.8 Å². The van der Waals surface area contributed by atoms with Crippen molar-refractivity contribution >= 4 is 0 Å². The molecule has 1 aromatic rings. The average molecular weight is 209 g/mol. The highest BCUT2D eigenvalue weighted by atomic mass is 15.3. The van der Waals surface area contributed by atoms with Crippen LogP contribution in [0.25, 0.3) is 0 Å². The number of rotatable bonds is 5. The SMILES string of the molecule is CCn1cc(C(NC)C(C)C(C)C)cn1. The summed E-state index contributed by atoms with van der Waals surface area (Å²) < 4.78 is 1.98. The third-order valence-electron chi connectivity index (χ3n) is 3.22. The Kier molecular flexibility index (Phi) is 4.33. The molecule has 0 bridgehead atoms. The number of hydrogen-bond acceptors (Lipinski definition) is 2. The second-order valence-electron chi connectivity index (χ2n) is 4.50. The molecular weight excluding hydrogens is 186 g/mol. The van der Waals surface area contributed by atoms with Gasteiger partial charge in [0.2, 0.25) is 0 Å². The quantitative estimate of drug-likeness (QED) is 0.807. The fraction of sp³-hybridized carbons (Fsp3) is 0.750. The van der Waals surface area contributed by atoms with Crippen LogP contribution in [0.4, 0.5) is 0 Å². The smallest absolute Gasteiger partial charge is 0.0537 e. The van der Waals surface area contributed by atoms with E-state index in [9.17, 15) is 0 Å². The van der Waals surface area contributed by atoms with Crippen LogP contribution in [0.1, 0.15) is 39.3 Å².